The zero-order valence-corrected chi connectivity index (χ0v) is 22.1. The van der Waals surface area contributed by atoms with Crippen molar-refractivity contribution in [2.24, 2.45) is 0 Å². The molecule has 0 aliphatic heterocycles. The van der Waals surface area contributed by atoms with E-state index in [9.17, 15) is 9.18 Å². The van der Waals surface area contributed by atoms with E-state index in [0.717, 1.165) is 22.3 Å². The van der Waals surface area contributed by atoms with Gasteiger partial charge < -0.3 is 9.47 Å². The van der Waals surface area contributed by atoms with Crippen molar-refractivity contribution in [1.82, 2.24) is 5.32 Å². The van der Waals surface area contributed by atoms with E-state index in [0.29, 0.717) is 12.2 Å². The van der Waals surface area contributed by atoms with Gasteiger partial charge in [-0.2, -0.15) is 0 Å². The lowest BCUT2D eigenvalue weighted by Gasteiger charge is -2.40. The molecule has 0 heterocycles. The molecule has 0 bridgehead atoms. The molecule has 0 saturated heterocycles. The molecule has 4 nitrogen and oxygen atoms in total. The van der Waals surface area contributed by atoms with Gasteiger partial charge >= 0.3 is 5.97 Å². The van der Waals surface area contributed by atoms with Crippen LogP contribution in [-0.4, -0.2) is 24.5 Å². The maximum atomic E-state index is 13.7. The lowest BCUT2D eigenvalue weighted by molar-refractivity contribution is -0.157. The van der Waals surface area contributed by atoms with Crippen molar-refractivity contribution < 1.29 is 18.7 Å². The second kappa shape index (κ2) is 12.1. The van der Waals surface area contributed by atoms with E-state index in [1.807, 2.05) is 87.5 Å². The minimum Gasteiger partial charge on any atom is -0.463 e. The van der Waals surface area contributed by atoms with E-state index < -0.39 is 24.0 Å². The van der Waals surface area contributed by atoms with Gasteiger partial charge in [0.15, 0.2) is 0 Å². The van der Waals surface area contributed by atoms with Gasteiger partial charge in [-0.3, -0.25) is 10.1 Å². The standard InChI is InChI=1S/C33H34FNO3/c1-32(2,3)38-31(36)30(23-25-19-21-29(22-20-25)37-24-34)35-33(26-13-7-4-8-14-26,27-15-9-5-10-16-27)28-17-11-6-12-18-28/h4-22,30,35H,23-24H2,1-3H3. The molecular formula is C33H34FNO3. The van der Waals surface area contributed by atoms with Crippen LogP contribution in [-0.2, 0) is 21.5 Å². The zero-order chi connectivity index (χ0) is 27.0. The number of carbonyl (C=O) groups is 1. The second-order valence-corrected chi connectivity index (χ2v) is 10.2. The fraction of sp³-hybridized carbons (Fsp3) is 0.242. The monoisotopic (exact) mass is 511 g/mol. The predicted molar refractivity (Wildman–Crippen MR) is 149 cm³/mol. The van der Waals surface area contributed by atoms with Crippen LogP contribution in [0.25, 0.3) is 0 Å². The highest BCUT2D eigenvalue weighted by Gasteiger charge is 2.40. The maximum absolute atomic E-state index is 13.7. The number of nitrogens with one attached hydrogen (secondary N) is 1. The molecule has 0 fully saturated rings. The number of rotatable bonds is 10. The van der Waals surface area contributed by atoms with E-state index in [1.54, 1.807) is 12.1 Å². The highest BCUT2D eigenvalue weighted by molar-refractivity contribution is 5.77. The van der Waals surface area contributed by atoms with E-state index >= 15 is 0 Å². The topological polar surface area (TPSA) is 47.6 Å². The molecule has 0 saturated carbocycles. The van der Waals surface area contributed by atoms with E-state index in [2.05, 4.69) is 41.7 Å². The third kappa shape index (κ3) is 6.48. The van der Waals surface area contributed by atoms with Crippen LogP contribution in [0, 0.1) is 0 Å². The Balaban J connectivity index is 1.85. The van der Waals surface area contributed by atoms with Gasteiger partial charge in [-0.15, -0.1) is 0 Å². The average Bonchev–Trinajstić information content (AvgIpc) is 2.93. The van der Waals surface area contributed by atoms with Gasteiger partial charge in [-0.1, -0.05) is 103 Å². The molecule has 0 aromatic heterocycles. The molecule has 196 valence electrons. The smallest absolute Gasteiger partial charge is 0.324 e. The highest BCUT2D eigenvalue weighted by Crippen LogP contribution is 2.37. The van der Waals surface area contributed by atoms with Crippen molar-refractivity contribution in [1.29, 1.82) is 0 Å². The van der Waals surface area contributed by atoms with Gasteiger partial charge in [-0.25, -0.2) is 4.39 Å². The number of hydrogen-bond donors (Lipinski definition) is 1. The average molecular weight is 512 g/mol. The lowest BCUT2D eigenvalue weighted by Crippen LogP contribution is -2.54. The van der Waals surface area contributed by atoms with Gasteiger partial charge in [0.2, 0.25) is 6.86 Å². The first-order chi connectivity index (χ1) is 18.3. The fourth-order valence-corrected chi connectivity index (χ4v) is 4.66. The van der Waals surface area contributed by atoms with Gasteiger partial charge in [0.1, 0.15) is 17.4 Å². The number of alkyl halides is 1. The molecule has 0 radical (unpaired) electrons. The van der Waals surface area contributed by atoms with Gasteiger partial charge in [0.05, 0.1) is 5.54 Å². The molecule has 1 atom stereocenters. The zero-order valence-electron chi connectivity index (χ0n) is 22.1. The first-order valence-electron chi connectivity index (χ1n) is 12.8. The van der Waals surface area contributed by atoms with Crippen molar-refractivity contribution in [2.75, 3.05) is 6.86 Å². The normalized spacial score (nSPS) is 12.5. The first-order valence-corrected chi connectivity index (χ1v) is 12.8. The fourth-order valence-electron chi connectivity index (χ4n) is 4.66. The quantitative estimate of drug-likeness (QED) is 0.187. The molecule has 0 spiro atoms. The van der Waals surface area contributed by atoms with Crippen LogP contribution in [0.15, 0.2) is 115 Å². The molecule has 4 rings (SSSR count). The van der Waals surface area contributed by atoms with Crippen LogP contribution in [0.1, 0.15) is 43.0 Å². The highest BCUT2D eigenvalue weighted by atomic mass is 19.1. The maximum Gasteiger partial charge on any atom is 0.324 e. The third-order valence-electron chi connectivity index (χ3n) is 6.29. The summed E-state index contributed by atoms with van der Waals surface area (Å²) in [5, 5.41) is 3.76. The Hall–Kier alpha value is -3.96. The summed E-state index contributed by atoms with van der Waals surface area (Å²) in [5.74, 6) is 0.0824. The van der Waals surface area contributed by atoms with E-state index in [4.69, 9.17) is 9.47 Å². The largest absolute Gasteiger partial charge is 0.463 e. The molecule has 0 amide bonds. The van der Waals surface area contributed by atoms with Crippen molar-refractivity contribution in [3.63, 3.8) is 0 Å². The molecule has 4 aromatic rings. The van der Waals surface area contributed by atoms with Crippen molar-refractivity contribution in [3.05, 3.63) is 138 Å². The Morgan fingerprint density at radius 2 is 1.18 bits per heavy atom. The summed E-state index contributed by atoms with van der Waals surface area (Å²) in [6.45, 7) is 4.70. The van der Waals surface area contributed by atoms with Crippen LogP contribution >= 0.6 is 0 Å². The minimum absolute atomic E-state index is 0.353. The molecular weight excluding hydrogens is 477 g/mol. The molecule has 5 heteroatoms. The Morgan fingerprint density at radius 1 is 0.737 bits per heavy atom. The molecule has 4 aromatic carbocycles. The van der Waals surface area contributed by atoms with E-state index in [-0.39, 0.29) is 5.97 Å². The number of hydrogen-bond acceptors (Lipinski definition) is 4. The SMILES string of the molecule is CC(C)(C)OC(=O)C(Cc1ccc(OCF)cc1)NC(c1ccccc1)(c1ccccc1)c1ccccc1. The van der Waals surface area contributed by atoms with Crippen LogP contribution in [0.4, 0.5) is 4.39 Å². The number of halogens is 1. The predicted octanol–water partition coefficient (Wildman–Crippen LogP) is 6.83. The van der Waals surface area contributed by atoms with Gasteiger partial charge in [0.25, 0.3) is 0 Å². The molecule has 0 aliphatic rings. The van der Waals surface area contributed by atoms with E-state index in [1.165, 1.54) is 0 Å². The number of esters is 1. The second-order valence-electron chi connectivity index (χ2n) is 10.2. The Labute approximate surface area is 224 Å². The molecule has 1 N–H and O–H groups in total. The summed E-state index contributed by atoms with van der Waals surface area (Å²) < 4.78 is 23.5. The van der Waals surface area contributed by atoms with Crippen molar-refractivity contribution in [2.45, 2.75) is 44.4 Å². The minimum atomic E-state index is -0.894. The number of ether oxygens (including phenoxy) is 2. The van der Waals surface area contributed by atoms with Gasteiger partial charge in [0, 0.05) is 0 Å². The summed E-state index contributed by atoms with van der Waals surface area (Å²) >= 11 is 0. The van der Waals surface area contributed by atoms with Crippen LogP contribution in [0.2, 0.25) is 0 Å². The Kier molecular flexibility index (Phi) is 8.59. The van der Waals surface area contributed by atoms with Gasteiger partial charge in [-0.05, 0) is 61.6 Å². The van der Waals surface area contributed by atoms with Crippen molar-refractivity contribution >= 4 is 5.97 Å². The number of carbonyl (C=O) groups excluding carboxylic acids is 1. The van der Waals surface area contributed by atoms with Crippen LogP contribution in [0.3, 0.4) is 0 Å². The Bertz CT molecular complexity index is 1190. The molecule has 38 heavy (non-hydrogen) atoms. The molecule has 0 aliphatic carbocycles. The third-order valence-corrected chi connectivity index (χ3v) is 6.29. The summed E-state index contributed by atoms with van der Waals surface area (Å²) in [4.78, 5) is 13.7. The van der Waals surface area contributed by atoms with Crippen LogP contribution < -0.4 is 10.1 Å². The summed E-state index contributed by atoms with van der Waals surface area (Å²) in [5.41, 5.74) is 2.38. The van der Waals surface area contributed by atoms with Crippen LogP contribution in [0.5, 0.6) is 5.75 Å². The van der Waals surface area contributed by atoms with Crippen molar-refractivity contribution in [3.8, 4) is 5.75 Å². The first kappa shape index (κ1) is 27.1. The summed E-state index contributed by atoms with van der Waals surface area (Å²) in [7, 11) is 0. The Morgan fingerprint density at radius 3 is 1.58 bits per heavy atom. The number of benzene rings is 4. The summed E-state index contributed by atoms with van der Waals surface area (Å²) in [6.07, 6.45) is 0.360. The lowest BCUT2D eigenvalue weighted by atomic mass is 9.76. The summed E-state index contributed by atoms with van der Waals surface area (Å²) in [6, 6.07) is 36.8. The molecule has 1 unspecified atom stereocenters.